The van der Waals surface area contributed by atoms with Crippen LogP contribution in [-0.2, 0) is 0 Å². The second-order valence-electron chi connectivity index (χ2n) is 4.69. The summed E-state index contributed by atoms with van der Waals surface area (Å²) in [5, 5.41) is 0. The van der Waals surface area contributed by atoms with Crippen molar-refractivity contribution in [1.82, 2.24) is 4.90 Å². The summed E-state index contributed by atoms with van der Waals surface area (Å²) < 4.78 is 0.195. The topological polar surface area (TPSA) is 41.6 Å². The van der Waals surface area contributed by atoms with Crippen LogP contribution in [0.1, 0.15) is 33.1 Å². The molecule has 3 nitrogen and oxygen atoms in total. The highest BCUT2D eigenvalue weighted by Crippen LogP contribution is 2.21. The van der Waals surface area contributed by atoms with E-state index in [0.29, 0.717) is 0 Å². The van der Waals surface area contributed by atoms with Gasteiger partial charge < -0.3 is 10.6 Å². The van der Waals surface area contributed by atoms with Gasteiger partial charge in [-0.1, -0.05) is 0 Å². The molecule has 0 bridgehead atoms. The van der Waals surface area contributed by atoms with Crippen LogP contribution >= 0.6 is 35.7 Å². The van der Waals surface area contributed by atoms with E-state index < -0.39 is 0 Å². The fourth-order valence-corrected chi connectivity index (χ4v) is 1.75. The number of halogens is 1. The van der Waals surface area contributed by atoms with Crippen molar-refractivity contribution in [3.8, 4) is 0 Å². The number of rotatable bonds is 3. The molecule has 96 valence electrons. The van der Waals surface area contributed by atoms with Gasteiger partial charge >= 0.3 is 0 Å². The van der Waals surface area contributed by atoms with E-state index >= 15 is 0 Å². The van der Waals surface area contributed by atoms with Gasteiger partial charge in [-0.15, -0.1) is 24.0 Å². The predicted molar refractivity (Wildman–Crippen MR) is 84.9 cm³/mol. The zero-order valence-electron chi connectivity index (χ0n) is 10.5. The summed E-state index contributed by atoms with van der Waals surface area (Å²) in [6, 6.07) is 0. The third-order valence-electron chi connectivity index (χ3n) is 2.85. The number of hydrogen-bond donors (Lipinski definition) is 1. The van der Waals surface area contributed by atoms with Gasteiger partial charge in [0.2, 0.25) is 0 Å². The van der Waals surface area contributed by atoms with Crippen molar-refractivity contribution in [2.75, 3.05) is 25.9 Å². The first-order valence-corrected chi connectivity index (χ1v) is 6.88. The summed E-state index contributed by atoms with van der Waals surface area (Å²) in [5.41, 5.74) is 5.98. The molecule has 1 heterocycles. The van der Waals surface area contributed by atoms with Crippen LogP contribution in [0.5, 0.6) is 0 Å². The van der Waals surface area contributed by atoms with Crippen LogP contribution < -0.4 is 5.73 Å². The fraction of sp³-hybridized carbons (Fsp3) is 0.909. The van der Waals surface area contributed by atoms with Crippen molar-refractivity contribution >= 4 is 41.7 Å². The lowest BCUT2D eigenvalue weighted by molar-refractivity contribution is 0.338. The Hall–Kier alpha value is 0.350. The maximum absolute atomic E-state index is 5.98. The maximum atomic E-state index is 5.98. The quantitative estimate of drug-likeness (QED) is 0.480. The number of nitrogens with zero attached hydrogens (tertiary/aromatic N) is 2. The molecule has 0 amide bonds. The van der Waals surface area contributed by atoms with E-state index in [-0.39, 0.29) is 28.7 Å². The van der Waals surface area contributed by atoms with Crippen molar-refractivity contribution in [2.24, 2.45) is 10.7 Å². The molecule has 5 heteroatoms. The van der Waals surface area contributed by atoms with Gasteiger partial charge in [-0.3, -0.25) is 4.99 Å². The Balaban J connectivity index is 0.00000225. The van der Waals surface area contributed by atoms with Crippen LogP contribution in [0.25, 0.3) is 0 Å². The molecule has 0 aromatic heterocycles. The van der Waals surface area contributed by atoms with Gasteiger partial charge in [-0.2, -0.15) is 11.8 Å². The Bertz CT molecular complexity index is 225. The summed E-state index contributed by atoms with van der Waals surface area (Å²) in [6.45, 7) is 7.36. The zero-order chi connectivity index (χ0) is 11.3. The summed E-state index contributed by atoms with van der Waals surface area (Å²) in [4.78, 5) is 6.70. The molecule has 1 rings (SSSR count). The average molecular weight is 357 g/mol. The van der Waals surface area contributed by atoms with Crippen LogP contribution in [0.3, 0.4) is 0 Å². The first kappa shape index (κ1) is 16.4. The van der Waals surface area contributed by atoms with Gasteiger partial charge in [-0.05, 0) is 39.4 Å². The Morgan fingerprint density at radius 3 is 2.38 bits per heavy atom. The Kier molecular flexibility index (Phi) is 7.80. The number of thioether (sulfide) groups is 1. The first-order chi connectivity index (χ1) is 7.05. The van der Waals surface area contributed by atoms with E-state index in [9.17, 15) is 0 Å². The van der Waals surface area contributed by atoms with Gasteiger partial charge in [-0.25, -0.2) is 0 Å². The van der Waals surface area contributed by atoms with Crippen molar-refractivity contribution in [3.05, 3.63) is 0 Å². The minimum atomic E-state index is 0. The minimum Gasteiger partial charge on any atom is -0.370 e. The average Bonchev–Trinajstić information content (AvgIpc) is 2.27. The summed E-state index contributed by atoms with van der Waals surface area (Å²) >= 11 is 1.83. The largest absolute Gasteiger partial charge is 0.370 e. The van der Waals surface area contributed by atoms with Crippen molar-refractivity contribution < 1.29 is 0 Å². The number of likely N-dealkylation sites (tertiary alicyclic amines) is 1. The lowest BCUT2D eigenvalue weighted by Crippen LogP contribution is -2.41. The highest BCUT2D eigenvalue weighted by molar-refractivity contribution is 14.0. The van der Waals surface area contributed by atoms with Gasteiger partial charge in [0, 0.05) is 17.8 Å². The molecule has 2 N–H and O–H groups in total. The number of hydrogen-bond acceptors (Lipinski definition) is 2. The molecule has 0 unspecified atom stereocenters. The number of aliphatic imine (C=N–C) groups is 1. The maximum Gasteiger partial charge on any atom is 0.191 e. The van der Waals surface area contributed by atoms with Crippen LogP contribution in [0, 0.1) is 0 Å². The predicted octanol–water partition coefficient (Wildman–Crippen LogP) is 2.55. The SMILES string of the molecule is CSC(C)(C)CN=C(N)N1CCCCC1.I. The Morgan fingerprint density at radius 1 is 1.31 bits per heavy atom. The highest BCUT2D eigenvalue weighted by Gasteiger charge is 2.17. The van der Waals surface area contributed by atoms with Gasteiger partial charge in [0.1, 0.15) is 0 Å². The van der Waals surface area contributed by atoms with E-state index in [1.54, 1.807) is 0 Å². The number of nitrogens with two attached hydrogens (primary N) is 1. The Morgan fingerprint density at radius 2 is 1.88 bits per heavy atom. The number of guanidine groups is 1. The molecule has 16 heavy (non-hydrogen) atoms. The molecule has 1 aliphatic rings. The van der Waals surface area contributed by atoms with Gasteiger partial charge in [0.15, 0.2) is 5.96 Å². The molecule has 0 atom stereocenters. The standard InChI is InChI=1S/C11H23N3S.HI/c1-11(2,15-3)9-13-10(12)14-7-5-4-6-8-14;/h4-9H2,1-3H3,(H2,12,13);1H. The van der Waals surface area contributed by atoms with E-state index in [1.165, 1.54) is 19.3 Å². The molecule has 0 aliphatic carbocycles. The molecule has 1 aliphatic heterocycles. The van der Waals surface area contributed by atoms with Crippen molar-refractivity contribution in [3.63, 3.8) is 0 Å². The minimum absolute atomic E-state index is 0. The third-order valence-corrected chi connectivity index (χ3v) is 4.09. The molecule has 0 aromatic carbocycles. The van der Waals surface area contributed by atoms with Gasteiger partial charge in [0.25, 0.3) is 0 Å². The molecule has 0 radical (unpaired) electrons. The third kappa shape index (κ3) is 5.61. The molecule has 1 fully saturated rings. The van der Waals surface area contributed by atoms with Crippen LogP contribution in [-0.4, -0.2) is 41.5 Å². The van der Waals surface area contributed by atoms with Gasteiger partial charge in [0.05, 0.1) is 6.54 Å². The summed E-state index contributed by atoms with van der Waals surface area (Å²) in [7, 11) is 0. The summed E-state index contributed by atoms with van der Waals surface area (Å²) in [6.07, 6.45) is 5.96. The zero-order valence-corrected chi connectivity index (χ0v) is 13.7. The molecule has 0 saturated carbocycles. The second kappa shape index (κ2) is 7.63. The van der Waals surface area contributed by atoms with Crippen molar-refractivity contribution in [2.45, 2.75) is 37.9 Å². The Labute approximate surface area is 121 Å². The van der Waals surface area contributed by atoms with E-state index in [2.05, 4.69) is 30.0 Å². The lowest BCUT2D eigenvalue weighted by atomic mass is 10.1. The number of piperidine rings is 1. The van der Waals surface area contributed by atoms with Crippen molar-refractivity contribution in [1.29, 1.82) is 0 Å². The monoisotopic (exact) mass is 357 g/mol. The van der Waals surface area contributed by atoms with Crippen LogP contribution in [0.15, 0.2) is 4.99 Å². The molecular formula is C11H24IN3S. The molecule has 0 aromatic rings. The van der Waals surface area contributed by atoms with Crippen LogP contribution in [0.4, 0.5) is 0 Å². The highest BCUT2D eigenvalue weighted by atomic mass is 127. The molecule has 0 spiro atoms. The second-order valence-corrected chi connectivity index (χ2v) is 6.20. The lowest BCUT2D eigenvalue weighted by Gasteiger charge is -2.28. The van der Waals surface area contributed by atoms with E-state index in [1.807, 2.05) is 11.8 Å². The summed E-state index contributed by atoms with van der Waals surface area (Å²) in [5.74, 6) is 0.733. The van der Waals surface area contributed by atoms with E-state index in [4.69, 9.17) is 5.73 Å². The van der Waals surface area contributed by atoms with Crippen LogP contribution in [0.2, 0.25) is 0 Å². The smallest absolute Gasteiger partial charge is 0.191 e. The molecule has 1 saturated heterocycles. The normalized spacial score (nSPS) is 18.2. The first-order valence-electron chi connectivity index (χ1n) is 5.65. The van der Waals surface area contributed by atoms with E-state index in [0.717, 1.165) is 25.6 Å². The fourth-order valence-electron chi connectivity index (χ4n) is 1.56. The molecular weight excluding hydrogens is 333 g/mol.